The van der Waals surface area contributed by atoms with E-state index in [0.717, 1.165) is 6.26 Å². The molecule has 0 amide bonds. The number of hydrogen-bond acceptors (Lipinski definition) is 4. The lowest BCUT2D eigenvalue weighted by Crippen LogP contribution is -2.39. The molecule has 2 rings (SSSR count). The van der Waals surface area contributed by atoms with Crippen LogP contribution in [0.3, 0.4) is 0 Å². The summed E-state index contributed by atoms with van der Waals surface area (Å²) in [5.74, 6) is -0.875. The number of rotatable bonds is 8. The smallest absolute Gasteiger partial charge is 0.191 e. The summed E-state index contributed by atoms with van der Waals surface area (Å²) < 4.78 is 50.6. The van der Waals surface area contributed by atoms with Crippen molar-refractivity contribution in [3.8, 4) is 0 Å². The molecule has 9 heteroatoms. The highest BCUT2D eigenvalue weighted by molar-refractivity contribution is 7.89. The first-order valence-corrected chi connectivity index (χ1v) is 11.2. The van der Waals surface area contributed by atoms with Crippen molar-refractivity contribution in [2.24, 2.45) is 4.99 Å². The molecule has 6 nitrogen and oxygen atoms in total. The maximum Gasteiger partial charge on any atom is 0.191 e. The van der Waals surface area contributed by atoms with Crippen LogP contribution >= 0.6 is 0 Å². The summed E-state index contributed by atoms with van der Waals surface area (Å²) in [6, 6.07) is 9.83. The summed E-state index contributed by atoms with van der Waals surface area (Å²) in [7, 11) is -3.29. The molecular weight excluding hydrogens is 400 g/mol. The molecule has 0 bridgehead atoms. The molecule has 0 saturated carbocycles. The number of nitrogens with one attached hydrogen (secondary N) is 2. The second kappa shape index (κ2) is 10.3. The van der Waals surface area contributed by atoms with Crippen LogP contribution in [0.2, 0.25) is 0 Å². The van der Waals surface area contributed by atoms with Crippen LogP contribution in [0.15, 0.2) is 47.5 Å². The fraction of sp³-hybridized carbons (Fsp3) is 0.350. The summed E-state index contributed by atoms with van der Waals surface area (Å²) in [6.07, 6.45) is 0.0223. The molecule has 29 heavy (non-hydrogen) atoms. The highest BCUT2D eigenvalue weighted by Gasteiger charge is 2.13. The first-order chi connectivity index (χ1) is 13.7. The predicted molar refractivity (Wildman–Crippen MR) is 109 cm³/mol. The van der Waals surface area contributed by atoms with Gasteiger partial charge < -0.3 is 15.7 Å². The number of aliphatic imine (C=N–C) groups is 1. The Morgan fingerprint density at radius 3 is 2.52 bits per heavy atom. The summed E-state index contributed by atoms with van der Waals surface area (Å²) in [6.45, 7) is 2.42. The largest absolute Gasteiger partial charge is 0.386 e. The fourth-order valence-electron chi connectivity index (χ4n) is 2.72. The van der Waals surface area contributed by atoms with Gasteiger partial charge in [0.25, 0.3) is 0 Å². The van der Waals surface area contributed by atoms with Crippen LogP contribution in [0.25, 0.3) is 0 Å². The Morgan fingerprint density at radius 2 is 1.86 bits per heavy atom. The molecule has 0 heterocycles. The number of sulfone groups is 1. The van der Waals surface area contributed by atoms with Crippen LogP contribution in [0.4, 0.5) is 8.78 Å². The molecule has 2 aromatic rings. The third kappa shape index (κ3) is 7.43. The summed E-state index contributed by atoms with van der Waals surface area (Å²) in [5.41, 5.74) is 1.08. The maximum atomic E-state index is 13.8. The van der Waals surface area contributed by atoms with Crippen molar-refractivity contribution in [1.82, 2.24) is 10.6 Å². The lowest BCUT2D eigenvalue weighted by atomic mass is 10.1. The number of halogens is 2. The van der Waals surface area contributed by atoms with Crippen molar-refractivity contribution in [3.63, 3.8) is 0 Å². The first kappa shape index (κ1) is 22.8. The minimum atomic E-state index is -3.29. The Labute approximate surface area is 169 Å². The van der Waals surface area contributed by atoms with Crippen molar-refractivity contribution < 1.29 is 22.3 Å². The van der Waals surface area contributed by atoms with Gasteiger partial charge in [-0.25, -0.2) is 22.2 Å². The second-order valence-electron chi connectivity index (χ2n) is 6.60. The first-order valence-electron chi connectivity index (χ1n) is 9.09. The molecule has 0 spiro atoms. The number of nitrogens with zero attached hydrogens (tertiary/aromatic N) is 1. The van der Waals surface area contributed by atoms with E-state index in [0.29, 0.717) is 23.6 Å². The lowest BCUT2D eigenvalue weighted by molar-refractivity contribution is 0.176. The van der Waals surface area contributed by atoms with Gasteiger partial charge in [-0.2, -0.15) is 0 Å². The topological polar surface area (TPSA) is 90.8 Å². The van der Waals surface area contributed by atoms with E-state index < -0.39 is 27.6 Å². The van der Waals surface area contributed by atoms with Gasteiger partial charge in [-0.1, -0.05) is 24.3 Å². The van der Waals surface area contributed by atoms with Crippen LogP contribution in [-0.2, 0) is 22.1 Å². The van der Waals surface area contributed by atoms with Crippen molar-refractivity contribution in [2.75, 3.05) is 19.3 Å². The number of aliphatic hydroxyl groups excluding tert-OH is 1. The number of benzene rings is 2. The zero-order valence-electron chi connectivity index (χ0n) is 16.3. The second-order valence-corrected chi connectivity index (χ2v) is 8.74. The molecule has 0 fully saturated rings. The fourth-order valence-corrected chi connectivity index (χ4v) is 3.57. The normalized spacial score (nSPS) is 13.2. The molecule has 0 radical (unpaired) electrons. The highest BCUT2D eigenvalue weighted by Crippen LogP contribution is 2.17. The Morgan fingerprint density at radius 1 is 1.14 bits per heavy atom. The zero-order valence-corrected chi connectivity index (χ0v) is 17.1. The third-order valence-electron chi connectivity index (χ3n) is 4.06. The molecule has 1 atom stereocenters. The van der Waals surface area contributed by atoms with Crippen LogP contribution in [0, 0.1) is 11.6 Å². The lowest BCUT2D eigenvalue weighted by Gasteiger charge is -2.16. The third-order valence-corrected chi connectivity index (χ3v) is 4.90. The van der Waals surface area contributed by atoms with E-state index in [1.54, 1.807) is 6.07 Å². The molecule has 0 aromatic heterocycles. The zero-order chi connectivity index (χ0) is 21.4. The average molecular weight is 426 g/mol. The van der Waals surface area contributed by atoms with E-state index in [9.17, 15) is 22.3 Å². The van der Waals surface area contributed by atoms with Crippen molar-refractivity contribution in [1.29, 1.82) is 0 Å². The van der Waals surface area contributed by atoms with Gasteiger partial charge in [0.05, 0.1) is 18.4 Å². The standard InChI is InChI=1S/C20H25F2N3O3S/c1-3-23-20(25-12-19(26)17-6-4-5-7-18(17)22)24-11-15-10-16(21)9-8-14(15)13-29(2,27)28/h4-10,19,26H,3,11-13H2,1-2H3,(H2,23,24,25). The van der Waals surface area contributed by atoms with Gasteiger partial charge in [0.2, 0.25) is 0 Å². The number of aliphatic hydroxyl groups is 1. The summed E-state index contributed by atoms with van der Waals surface area (Å²) in [4.78, 5) is 4.33. The van der Waals surface area contributed by atoms with Gasteiger partial charge in [0.1, 0.15) is 11.6 Å². The minimum absolute atomic E-state index is 0.00607. The highest BCUT2D eigenvalue weighted by atomic mass is 32.2. The van der Waals surface area contributed by atoms with Crippen LogP contribution in [0.1, 0.15) is 29.7 Å². The van der Waals surface area contributed by atoms with E-state index in [4.69, 9.17) is 0 Å². The van der Waals surface area contributed by atoms with Gasteiger partial charge in [-0.05, 0) is 36.2 Å². The van der Waals surface area contributed by atoms with Gasteiger partial charge >= 0.3 is 0 Å². The van der Waals surface area contributed by atoms with E-state index in [2.05, 4.69) is 15.6 Å². The van der Waals surface area contributed by atoms with Gasteiger partial charge in [0.15, 0.2) is 15.8 Å². The Hall–Kier alpha value is -2.52. The van der Waals surface area contributed by atoms with Crippen LogP contribution in [-0.4, -0.2) is 38.8 Å². The molecular formula is C20H25F2N3O3S. The maximum absolute atomic E-state index is 13.8. The van der Waals surface area contributed by atoms with Crippen molar-refractivity contribution >= 4 is 15.8 Å². The minimum Gasteiger partial charge on any atom is -0.386 e. The number of hydrogen-bond donors (Lipinski definition) is 3. The molecule has 2 aromatic carbocycles. The predicted octanol–water partition coefficient (Wildman–Crippen LogP) is 2.30. The quantitative estimate of drug-likeness (QED) is 0.446. The molecule has 1 unspecified atom stereocenters. The van der Waals surface area contributed by atoms with Crippen molar-refractivity contribution in [2.45, 2.75) is 25.3 Å². The van der Waals surface area contributed by atoms with E-state index >= 15 is 0 Å². The Kier molecular flexibility index (Phi) is 8.10. The van der Waals surface area contributed by atoms with Gasteiger partial charge in [-0.3, -0.25) is 0 Å². The Balaban J connectivity index is 2.13. The van der Waals surface area contributed by atoms with Gasteiger partial charge in [-0.15, -0.1) is 0 Å². The van der Waals surface area contributed by atoms with E-state index in [1.807, 2.05) is 6.92 Å². The molecule has 158 valence electrons. The van der Waals surface area contributed by atoms with E-state index in [1.165, 1.54) is 36.4 Å². The van der Waals surface area contributed by atoms with Crippen LogP contribution in [0.5, 0.6) is 0 Å². The van der Waals surface area contributed by atoms with Crippen molar-refractivity contribution in [3.05, 3.63) is 70.8 Å². The van der Waals surface area contributed by atoms with Gasteiger partial charge in [0, 0.05) is 24.9 Å². The molecule has 0 saturated heterocycles. The summed E-state index contributed by atoms with van der Waals surface area (Å²) in [5, 5.41) is 16.1. The van der Waals surface area contributed by atoms with E-state index in [-0.39, 0.29) is 24.4 Å². The Bertz CT molecular complexity index is 965. The summed E-state index contributed by atoms with van der Waals surface area (Å²) >= 11 is 0. The molecule has 0 aliphatic carbocycles. The monoisotopic (exact) mass is 425 g/mol. The molecule has 0 aliphatic rings. The number of guanidine groups is 1. The SMILES string of the molecule is CCNC(=NCc1cc(F)ccc1CS(C)(=O)=O)NCC(O)c1ccccc1F. The van der Waals surface area contributed by atoms with Crippen LogP contribution < -0.4 is 10.6 Å². The molecule has 0 aliphatic heterocycles. The average Bonchev–Trinajstić information content (AvgIpc) is 2.65. The molecule has 3 N–H and O–H groups in total.